The lowest BCUT2D eigenvalue weighted by Crippen LogP contribution is -2.26. The number of carbonyl (C=O) groups excluding carboxylic acids is 1. The number of H-pyrrole nitrogens is 1. The highest BCUT2D eigenvalue weighted by atomic mass is 16.1. The zero-order valence-electron chi connectivity index (χ0n) is 12.3. The van der Waals surface area contributed by atoms with Crippen molar-refractivity contribution in [1.29, 1.82) is 0 Å². The summed E-state index contributed by atoms with van der Waals surface area (Å²) in [6.45, 7) is 0.190. The molecule has 3 heterocycles. The Morgan fingerprint density at radius 1 is 1.39 bits per heavy atom. The lowest BCUT2D eigenvalue weighted by molar-refractivity contribution is -0.121. The number of amides is 1. The maximum absolute atomic E-state index is 11.9. The first-order chi connectivity index (χ1) is 11.1. The molecule has 9 heteroatoms. The molecule has 0 aliphatic carbocycles. The summed E-state index contributed by atoms with van der Waals surface area (Å²) in [5, 5.41) is 18.4. The molecule has 0 unspecified atom stereocenters. The normalized spacial score (nSPS) is 14.6. The Morgan fingerprint density at radius 2 is 2.22 bits per heavy atom. The van der Waals surface area contributed by atoms with Gasteiger partial charge in [-0.3, -0.25) is 14.0 Å². The van der Waals surface area contributed by atoms with Crippen molar-refractivity contribution in [1.82, 2.24) is 24.9 Å². The minimum atomic E-state index is -0.460. The van der Waals surface area contributed by atoms with E-state index in [0.717, 1.165) is 0 Å². The largest absolute Gasteiger partial charge is 0.349 e. The number of rotatable bonds is 7. The summed E-state index contributed by atoms with van der Waals surface area (Å²) < 4.78 is 1.54. The molecule has 0 fully saturated rings. The monoisotopic (exact) mass is 313 g/mol. The van der Waals surface area contributed by atoms with Gasteiger partial charge in [0, 0.05) is 38.1 Å². The minimum absolute atomic E-state index is 0.135. The molecular formula is C14H15N7O2. The van der Waals surface area contributed by atoms with Crippen LogP contribution < -0.4 is 10.9 Å². The summed E-state index contributed by atoms with van der Waals surface area (Å²) in [5.74, 6) is 2.90. The third-order valence-electron chi connectivity index (χ3n) is 3.66. The summed E-state index contributed by atoms with van der Waals surface area (Å²) in [7, 11) is 0. The second-order valence-corrected chi connectivity index (χ2v) is 5.26. The highest BCUT2D eigenvalue weighted by Gasteiger charge is 2.39. The second kappa shape index (κ2) is 6.00. The van der Waals surface area contributed by atoms with Gasteiger partial charge in [0.15, 0.2) is 11.5 Å². The van der Waals surface area contributed by atoms with Gasteiger partial charge in [0.05, 0.1) is 6.54 Å². The molecule has 1 amide bonds. The topological polar surface area (TPSA) is 117 Å². The van der Waals surface area contributed by atoms with Gasteiger partial charge in [-0.1, -0.05) is 0 Å². The lowest BCUT2D eigenvalue weighted by atomic mass is 10.0. The first kappa shape index (κ1) is 14.9. The van der Waals surface area contributed by atoms with Crippen LogP contribution in [0.4, 0.5) is 0 Å². The van der Waals surface area contributed by atoms with Gasteiger partial charge in [0.25, 0.3) is 5.56 Å². The summed E-state index contributed by atoms with van der Waals surface area (Å²) in [4.78, 5) is 26.0. The number of nitrogens with zero attached hydrogens (tertiary/aromatic N) is 5. The van der Waals surface area contributed by atoms with Gasteiger partial charge >= 0.3 is 0 Å². The molecule has 1 aliphatic heterocycles. The maximum atomic E-state index is 11.9. The number of aromatic nitrogens is 4. The summed E-state index contributed by atoms with van der Waals surface area (Å²) in [5.41, 5.74) is -0.594. The number of hydrogen-bond donors (Lipinski definition) is 2. The minimum Gasteiger partial charge on any atom is -0.349 e. The Balaban J connectivity index is 1.52. The molecule has 0 spiro atoms. The number of carbonyl (C=O) groups is 1. The van der Waals surface area contributed by atoms with Crippen molar-refractivity contribution >= 4 is 11.6 Å². The number of terminal acetylenes is 1. The van der Waals surface area contributed by atoms with Gasteiger partial charge in [0.1, 0.15) is 0 Å². The number of aromatic amines is 1. The molecule has 0 radical (unpaired) electrons. The third-order valence-corrected chi connectivity index (χ3v) is 3.66. The van der Waals surface area contributed by atoms with E-state index >= 15 is 0 Å². The fourth-order valence-corrected chi connectivity index (χ4v) is 2.26. The fourth-order valence-electron chi connectivity index (χ4n) is 2.26. The van der Waals surface area contributed by atoms with Crippen molar-refractivity contribution in [2.45, 2.75) is 37.9 Å². The predicted octanol–water partition coefficient (Wildman–Crippen LogP) is 0.389. The van der Waals surface area contributed by atoms with Crippen molar-refractivity contribution in [3.63, 3.8) is 0 Å². The predicted molar refractivity (Wildman–Crippen MR) is 80.3 cm³/mol. The van der Waals surface area contributed by atoms with E-state index in [9.17, 15) is 9.59 Å². The summed E-state index contributed by atoms with van der Waals surface area (Å²) in [6, 6.07) is 0. The van der Waals surface area contributed by atoms with E-state index in [0.29, 0.717) is 31.5 Å². The van der Waals surface area contributed by atoms with Crippen LogP contribution in [0.25, 0.3) is 5.65 Å². The van der Waals surface area contributed by atoms with Gasteiger partial charge < -0.3 is 10.3 Å². The molecule has 3 rings (SSSR count). The molecule has 2 aromatic heterocycles. The Bertz CT molecular complexity index is 852. The van der Waals surface area contributed by atoms with E-state index in [-0.39, 0.29) is 23.7 Å². The zero-order valence-corrected chi connectivity index (χ0v) is 12.3. The van der Waals surface area contributed by atoms with Gasteiger partial charge in [-0.05, 0) is 0 Å². The van der Waals surface area contributed by atoms with E-state index < -0.39 is 5.66 Å². The van der Waals surface area contributed by atoms with Crippen LogP contribution in [0.1, 0.15) is 31.5 Å². The van der Waals surface area contributed by atoms with Crippen LogP contribution >= 0.6 is 0 Å². The summed E-state index contributed by atoms with van der Waals surface area (Å²) >= 11 is 0. The van der Waals surface area contributed by atoms with Crippen molar-refractivity contribution in [2.75, 3.05) is 0 Å². The van der Waals surface area contributed by atoms with E-state index in [4.69, 9.17) is 6.42 Å². The third kappa shape index (κ3) is 3.26. The molecule has 2 N–H and O–H groups in total. The van der Waals surface area contributed by atoms with Crippen LogP contribution in [0.3, 0.4) is 0 Å². The average molecular weight is 313 g/mol. The van der Waals surface area contributed by atoms with Crippen molar-refractivity contribution in [2.24, 2.45) is 10.2 Å². The molecule has 2 aromatic rings. The molecule has 9 nitrogen and oxygen atoms in total. The van der Waals surface area contributed by atoms with E-state index in [1.807, 2.05) is 0 Å². The molecule has 0 saturated carbocycles. The average Bonchev–Trinajstić information content (AvgIpc) is 3.21. The summed E-state index contributed by atoms with van der Waals surface area (Å²) in [6.07, 6.45) is 10.5. The molecule has 0 saturated heterocycles. The first-order valence-electron chi connectivity index (χ1n) is 7.19. The maximum Gasteiger partial charge on any atom is 0.293 e. The van der Waals surface area contributed by atoms with Crippen LogP contribution in [0.2, 0.25) is 0 Å². The second-order valence-electron chi connectivity index (χ2n) is 5.26. The lowest BCUT2D eigenvalue weighted by Gasteiger charge is -2.08. The first-order valence-corrected chi connectivity index (χ1v) is 7.19. The molecule has 1 aliphatic rings. The van der Waals surface area contributed by atoms with Crippen LogP contribution in [0.15, 0.2) is 27.4 Å². The van der Waals surface area contributed by atoms with Gasteiger partial charge in [-0.2, -0.15) is 10.2 Å². The van der Waals surface area contributed by atoms with Crippen molar-refractivity contribution in [3.05, 3.63) is 28.6 Å². The highest BCUT2D eigenvalue weighted by Crippen LogP contribution is 2.37. The van der Waals surface area contributed by atoms with E-state index in [1.54, 1.807) is 10.6 Å². The molecule has 0 aromatic carbocycles. The Morgan fingerprint density at radius 3 is 2.96 bits per heavy atom. The molecule has 0 bridgehead atoms. The molecule has 23 heavy (non-hydrogen) atoms. The van der Waals surface area contributed by atoms with E-state index in [1.165, 1.54) is 6.20 Å². The number of nitrogens with one attached hydrogen (secondary N) is 2. The van der Waals surface area contributed by atoms with Crippen LogP contribution in [-0.4, -0.2) is 31.2 Å². The SMILES string of the molecule is C#CCCC1(CCC(=O)NCc2nnc3c(=O)[nH]ccn23)N=N1. The number of hydrogen-bond acceptors (Lipinski definition) is 6. The fraction of sp³-hybridized carbons (Fsp3) is 0.429. The molecular weight excluding hydrogens is 298 g/mol. The van der Waals surface area contributed by atoms with Crippen LogP contribution in [0.5, 0.6) is 0 Å². The van der Waals surface area contributed by atoms with Gasteiger partial charge in [0.2, 0.25) is 11.6 Å². The molecule has 0 atom stereocenters. The number of fused-ring (bicyclic) bond motifs is 1. The van der Waals surface area contributed by atoms with Crippen molar-refractivity contribution in [3.8, 4) is 12.3 Å². The van der Waals surface area contributed by atoms with Crippen LogP contribution in [0, 0.1) is 12.3 Å². The quantitative estimate of drug-likeness (QED) is 0.719. The molecule has 118 valence electrons. The highest BCUT2D eigenvalue weighted by molar-refractivity contribution is 5.75. The van der Waals surface area contributed by atoms with Crippen LogP contribution in [-0.2, 0) is 11.3 Å². The van der Waals surface area contributed by atoms with Gasteiger partial charge in [-0.25, -0.2) is 0 Å². The zero-order chi connectivity index (χ0) is 16.3. The standard InChI is InChI=1S/C14H15N7O2/c1-2-3-5-14(19-20-14)6-4-11(22)16-9-10-17-18-12-13(23)15-7-8-21(10)12/h1,7-8H,3-6,9H2,(H,15,23)(H,16,22). The van der Waals surface area contributed by atoms with Gasteiger partial charge in [-0.15, -0.1) is 22.5 Å². The Kier molecular flexibility index (Phi) is 3.89. The Labute approximate surface area is 131 Å². The van der Waals surface area contributed by atoms with E-state index in [2.05, 4.69) is 36.6 Å². The van der Waals surface area contributed by atoms with Crippen molar-refractivity contribution < 1.29 is 4.79 Å². The Hall–Kier alpha value is -3.02. The smallest absolute Gasteiger partial charge is 0.293 e.